The van der Waals surface area contributed by atoms with Gasteiger partial charge in [-0.3, -0.25) is 9.59 Å². The van der Waals surface area contributed by atoms with Crippen LogP contribution in [0.3, 0.4) is 0 Å². The van der Waals surface area contributed by atoms with Crippen molar-refractivity contribution in [3.63, 3.8) is 0 Å². The van der Waals surface area contributed by atoms with Gasteiger partial charge >= 0.3 is 11.9 Å². The number of methoxy groups -OCH3 is 1. The molecule has 0 aliphatic heterocycles. The Balaban J connectivity index is 0.000000206. The van der Waals surface area contributed by atoms with Gasteiger partial charge in [0.2, 0.25) is 0 Å². The standard InChI is InChI=1S/C9H14O2.C7H14O2/c1-9(8(10)11)5-6-2-3-7(9)4-6;1-5-7(2,3)6(8)9-4/h6-7H,2-5H2,1H3,(H,10,11);5H2,1-4H3. The summed E-state index contributed by atoms with van der Waals surface area (Å²) in [5, 5.41) is 8.99. The summed E-state index contributed by atoms with van der Waals surface area (Å²) in [4.78, 5) is 21.8. The average molecular weight is 284 g/mol. The van der Waals surface area contributed by atoms with Crippen LogP contribution in [0.1, 0.15) is 59.8 Å². The lowest BCUT2D eigenvalue weighted by molar-refractivity contribution is -0.151. The molecule has 2 aliphatic rings. The molecule has 2 aliphatic carbocycles. The van der Waals surface area contributed by atoms with Crippen LogP contribution in [0.2, 0.25) is 0 Å². The molecule has 2 bridgehead atoms. The minimum absolute atomic E-state index is 0.134. The molecule has 2 saturated carbocycles. The number of esters is 1. The molecule has 4 heteroatoms. The summed E-state index contributed by atoms with van der Waals surface area (Å²) >= 11 is 0. The van der Waals surface area contributed by atoms with Crippen LogP contribution in [0.15, 0.2) is 0 Å². The lowest BCUT2D eigenvalue weighted by Crippen LogP contribution is -2.32. The fraction of sp³-hybridized carbons (Fsp3) is 0.875. The molecule has 3 atom stereocenters. The molecule has 4 nitrogen and oxygen atoms in total. The summed E-state index contributed by atoms with van der Waals surface area (Å²) in [6.07, 6.45) is 5.33. The summed E-state index contributed by atoms with van der Waals surface area (Å²) in [5.41, 5.74) is -0.683. The molecule has 116 valence electrons. The normalized spacial score (nSPS) is 31.4. The fourth-order valence-corrected chi connectivity index (χ4v) is 3.29. The van der Waals surface area contributed by atoms with Crippen molar-refractivity contribution >= 4 is 11.9 Å². The van der Waals surface area contributed by atoms with Gasteiger partial charge in [-0.1, -0.05) is 13.3 Å². The van der Waals surface area contributed by atoms with Crippen molar-refractivity contribution in [3.05, 3.63) is 0 Å². The Morgan fingerprint density at radius 1 is 1.35 bits per heavy atom. The molecule has 2 rings (SSSR count). The van der Waals surface area contributed by atoms with Gasteiger partial charge in [-0.15, -0.1) is 0 Å². The third-order valence-electron chi connectivity index (χ3n) is 5.27. The van der Waals surface area contributed by atoms with Gasteiger partial charge in [0.15, 0.2) is 0 Å². The SMILES string of the molecule is CC1(C(=O)O)CC2CCC1C2.CCC(C)(C)C(=O)OC. The maximum absolute atomic E-state index is 10.9. The van der Waals surface area contributed by atoms with E-state index in [0.717, 1.165) is 25.2 Å². The third kappa shape index (κ3) is 3.33. The lowest BCUT2D eigenvalue weighted by atomic mass is 9.75. The molecule has 0 saturated heterocycles. The molecule has 0 aromatic rings. The molecule has 0 spiro atoms. The van der Waals surface area contributed by atoms with Crippen LogP contribution in [0.25, 0.3) is 0 Å². The first kappa shape index (κ1) is 17.0. The highest BCUT2D eigenvalue weighted by molar-refractivity contribution is 5.75. The maximum atomic E-state index is 10.9. The van der Waals surface area contributed by atoms with Gasteiger partial charge < -0.3 is 9.84 Å². The van der Waals surface area contributed by atoms with Crippen molar-refractivity contribution in [1.29, 1.82) is 0 Å². The summed E-state index contributed by atoms with van der Waals surface area (Å²) in [5.74, 6) is 0.487. The number of rotatable bonds is 3. The van der Waals surface area contributed by atoms with Gasteiger partial charge in [0, 0.05) is 0 Å². The van der Waals surface area contributed by atoms with Gasteiger partial charge in [0.1, 0.15) is 0 Å². The lowest BCUT2D eigenvalue weighted by Gasteiger charge is -2.28. The number of carbonyl (C=O) groups is 2. The van der Waals surface area contributed by atoms with E-state index in [1.807, 2.05) is 27.7 Å². The molecular weight excluding hydrogens is 256 g/mol. The van der Waals surface area contributed by atoms with E-state index >= 15 is 0 Å². The number of carboxylic acids is 1. The largest absolute Gasteiger partial charge is 0.481 e. The Hall–Kier alpha value is -1.06. The van der Waals surface area contributed by atoms with Crippen LogP contribution in [0, 0.1) is 22.7 Å². The van der Waals surface area contributed by atoms with E-state index in [2.05, 4.69) is 4.74 Å². The highest BCUT2D eigenvalue weighted by Gasteiger charge is 2.52. The molecule has 0 aromatic carbocycles. The van der Waals surface area contributed by atoms with E-state index < -0.39 is 5.97 Å². The molecule has 0 radical (unpaired) electrons. The number of aliphatic carboxylic acids is 1. The zero-order chi connectivity index (χ0) is 15.6. The molecule has 3 unspecified atom stereocenters. The Kier molecular flexibility index (Phi) is 5.22. The van der Waals surface area contributed by atoms with E-state index in [4.69, 9.17) is 5.11 Å². The molecule has 0 amide bonds. The van der Waals surface area contributed by atoms with Crippen LogP contribution < -0.4 is 0 Å². The number of fused-ring (bicyclic) bond motifs is 2. The van der Waals surface area contributed by atoms with Crippen LogP contribution >= 0.6 is 0 Å². The first-order valence-corrected chi connectivity index (χ1v) is 7.49. The predicted octanol–water partition coefficient (Wildman–Crippen LogP) is 3.49. The topological polar surface area (TPSA) is 63.6 Å². The van der Waals surface area contributed by atoms with Gasteiger partial charge in [0.05, 0.1) is 17.9 Å². The third-order valence-corrected chi connectivity index (χ3v) is 5.27. The summed E-state index contributed by atoms with van der Waals surface area (Å²) in [7, 11) is 1.42. The fourth-order valence-electron chi connectivity index (χ4n) is 3.29. The summed E-state index contributed by atoms with van der Waals surface area (Å²) < 4.78 is 4.57. The predicted molar refractivity (Wildman–Crippen MR) is 77.3 cm³/mol. The molecular formula is C16H28O4. The Morgan fingerprint density at radius 3 is 2.15 bits per heavy atom. The van der Waals surface area contributed by atoms with E-state index in [1.165, 1.54) is 20.0 Å². The minimum atomic E-state index is -0.579. The monoisotopic (exact) mass is 284 g/mol. The maximum Gasteiger partial charge on any atom is 0.311 e. The van der Waals surface area contributed by atoms with Crippen molar-refractivity contribution in [1.82, 2.24) is 0 Å². The highest BCUT2D eigenvalue weighted by atomic mass is 16.5. The minimum Gasteiger partial charge on any atom is -0.481 e. The number of carbonyl (C=O) groups excluding carboxylic acids is 1. The van der Waals surface area contributed by atoms with E-state index in [0.29, 0.717) is 5.92 Å². The second-order valence-electron chi connectivity index (χ2n) is 7.03. The smallest absolute Gasteiger partial charge is 0.311 e. The molecule has 2 fully saturated rings. The molecule has 0 aromatic heterocycles. The quantitative estimate of drug-likeness (QED) is 0.806. The van der Waals surface area contributed by atoms with Crippen LogP contribution in [0.4, 0.5) is 0 Å². The number of carboxylic acid groups (broad SMARTS) is 1. The van der Waals surface area contributed by atoms with Gasteiger partial charge in [-0.2, -0.15) is 0 Å². The Morgan fingerprint density at radius 2 is 1.95 bits per heavy atom. The van der Waals surface area contributed by atoms with Gasteiger partial charge in [0.25, 0.3) is 0 Å². The van der Waals surface area contributed by atoms with E-state index in [1.54, 1.807) is 0 Å². The zero-order valence-corrected chi connectivity index (χ0v) is 13.4. The molecule has 20 heavy (non-hydrogen) atoms. The van der Waals surface area contributed by atoms with Gasteiger partial charge in [-0.05, 0) is 58.3 Å². The molecule has 1 N–H and O–H groups in total. The number of hydrogen-bond donors (Lipinski definition) is 1. The van der Waals surface area contributed by atoms with Crippen LogP contribution in [0.5, 0.6) is 0 Å². The van der Waals surface area contributed by atoms with Crippen molar-refractivity contribution in [2.24, 2.45) is 22.7 Å². The number of ether oxygens (including phenoxy) is 1. The first-order chi connectivity index (χ1) is 9.17. The van der Waals surface area contributed by atoms with Crippen molar-refractivity contribution < 1.29 is 19.4 Å². The van der Waals surface area contributed by atoms with Crippen molar-refractivity contribution in [3.8, 4) is 0 Å². The second kappa shape index (κ2) is 6.15. The Bertz CT molecular complexity index is 375. The van der Waals surface area contributed by atoms with Crippen LogP contribution in [-0.4, -0.2) is 24.2 Å². The second-order valence-corrected chi connectivity index (χ2v) is 7.03. The highest BCUT2D eigenvalue weighted by Crippen LogP contribution is 2.55. The summed E-state index contributed by atoms with van der Waals surface area (Å²) in [6, 6.07) is 0. The van der Waals surface area contributed by atoms with Gasteiger partial charge in [-0.25, -0.2) is 0 Å². The zero-order valence-electron chi connectivity index (χ0n) is 13.4. The number of hydrogen-bond acceptors (Lipinski definition) is 3. The molecule has 0 heterocycles. The van der Waals surface area contributed by atoms with Crippen molar-refractivity contribution in [2.75, 3.05) is 7.11 Å². The van der Waals surface area contributed by atoms with Crippen LogP contribution in [-0.2, 0) is 14.3 Å². The Labute approximate surface area is 121 Å². The average Bonchev–Trinajstić information content (AvgIpc) is 2.99. The van der Waals surface area contributed by atoms with E-state index in [-0.39, 0.29) is 16.8 Å². The van der Waals surface area contributed by atoms with E-state index in [9.17, 15) is 9.59 Å². The first-order valence-electron chi connectivity index (χ1n) is 7.49. The van der Waals surface area contributed by atoms with Crippen molar-refractivity contribution in [2.45, 2.75) is 59.8 Å². The summed E-state index contributed by atoms with van der Waals surface area (Å²) in [6.45, 7) is 7.63.